The van der Waals surface area contributed by atoms with E-state index in [0.717, 1.165) is 10.9 Å². The van der Waals surface area contributed by atoms with E-state index in [1.54, 1.807) is 30.8 Å². The predicted molar refractivity (Wildman–Crippen MR) is 77.2 cm³/mol. The second kappa shape index (κ2) is 5.21. The first kappa shape index (κ1) is 13.6. The lowest BCUT2D eigenvalue weighted by Crippen LogP contribution is -2.01. The molecule has 3 rings (SSSR count). The molecule has 1 aromatic carbocycles. The lowest BCUT2D eigenvalue weighted by Gasteiger charge is -2.07. The van der Waals surface area contributed by atoms with E-state index >= 15 is 0 Å². The Labute approximate surface area is 123 Å². The van der Waals surface area contributed by atoms with Gasteiger partial charge in [-0.2, -0.15) is 0 Å². The Kier molecular flexibility index (Phi) is 3.38. The molecular formula is C13H12N4O3S. The summed E-state index contributed by atoms with van der Waals surface area (Å²) in [6, 6.07) is 4.79. The minimum absolute atomic E-state index is 0.105. The number of benzene rings is 1. The monoisotopic (exact) mass is 304 g/mol. The molecule has 108 valence electrons. The van der Waals surface area contributed by atoms with Crippen LogP contribution >= 0.6 is 11.8 Å². The normalized spacial score (nSPS) is 11.1. The smallest absolute Gasteiger partial charge is 0.336 e. The number of phenols is 1. The maximum Gasteiger partial charge on any atom is 0.336 e. The Morgan fingerprint density at radius 2 is 2.24 bits per heavy atom. The summed E-state index contributed by atoms with van der Waals surface area (Å²) in [5, 5.41) is 22.4. The first-order valence-corrected chi connectivity index (χ1v) is 7.15. The van der Waals surface area contributed by atoms with E-state index in [1.165, 1.54) is 17.8 Å². The van der Waals surface area contributed by atoms with E-state index in [1.807, 2.05) is 0 Å². The summed E-state index contributed by atoms with van der Waals surface area (Å²) in [5.41, 5.74) is 1.34. The zero-order chi connectivity index (χ0) is 15.0. The van der Waals surface area contributed by atoms with Gasteiger partial charge in [-0.05, 0) is 35.0 Å². The summed E-state index contributed by atoms with van der Waals surface area (Å²) in [7, 11) is 1.75. The fourth-order valence-corrected chi connectivity index (χ4v) is 2.86. The minimum Gasteiger partial charge on any atom is -0.508 e. The second-order valence-corrected chi connectivity index (χ2v) is 5.49. The molecule has 0 aliphatic heterocycles. The number of aromatic hydroxyl groups is 1. The van der Waals surface area contributed by atoms with E-state index in [9.17, 15) is 9.90 Å². The second-order valence-electron chi connectivity index (χ2n) is 4.55. The number of fused-ring (bicyclic) bond motifs is 1. The van der Waals surface area contributed by atoms with Crippen LogP contribution in [0.2, 0.25) is 0 Å². The number of tetrazole rings is 1. The highest BCUT2D eigenvalue weighted by Crippen LogP contribution is 2.30. The van der Waals surface area contributed by atoms with Crippen molar-refractivity contribution in [3.63, 3.8) is 0 Å². The summed E-state index contributed by atoms with van der Waals surface area (Å²) in [4.78, 5) is 11.7. The molecule has 7 nitrogen and oxygen atoms in total. The highest BCUT2D eigenvalue weighted by Gasteiger charge is 2.12. The van der Waals surface area contributed by atoms with Crippen LogP contribution in [0.5, 0.6) is 5.75 Å². The third kappa shape index (κ3) is 2.49. The van der Waals surface area contributed by atoms with Gasteiger partial charge in [-0.15, -0.1) is 5.10 Å². The summed E-state index contributed by atoms with van der Waals surface area (Å²) in [6.07, 6.45) is 0. The van der Waals surface area contributed by atoms with Crippen molar-refractivity contribution >= 4 is 22.7 Å². The van der Waals surface area contributed by atoms with E-state index in [0.29, 0.717) is 22.1 Å². The molecule has 0 amide bonds. The first-order valence-electron chi connectivity index (χ1n) is 6.16. The van der Waals surface area contributed by atoms with Gasteiger partial charge in [0.1, 0.15) is 11.3 Å². The number of thioether (sulfide) groups is 1. The van der Waals surface area contributed by atoms with Crippen molar-refractivity contribution in [2.24, 2.45) is 7.05 Å². The van der Waals surface area contributed by atoms with Gasteiger partial charge < -0.3 is 9.52 Å². The maximum atomic E-state index is 11.7. The minimum atomic E-state index is -0.442. The van der Waals surface area contributed by atoms with Crippen molar-refractivity contribution < 1.29 is 9.52 Å². The number of phenolic OH excluding ortho intramolecular Hbond substituents is 1. The van der Waals surface area contributed by atoms with E-state index < -0.39 is 5.63 Å². The van der Waals surface area contributed by atoms with Gasteiger partial charge >= 0.3 is 5.63 Å². The third-order valence-electron chi connectivity index (χ3n) is 3.16. The molecule has 0 saturated heterocycles. The Bertz CT molecular complexity index is 871. The average Bonchev–Trinajstić information content (AvgIpc) is 2.86. The lowest BCUT2D eigenvalue weighted by molar-refractivity contribution is 0.468. The van der Waals surface area contributed by atoms with Crippen molar-refractivity contribution in [3.05, 3.63) is 39.7 Å². The molecule has 3 aromatic rings. The van der Waals surface area contributed by atoms with Gasteiger partial charge in [-0.25, -0.2) is 9.48 Å². The lowest BCUT2D eigenvalue weighted by atomic mass is 10.1. The van der Waals surface area contributed by atoms with Crippen molar-refractivity contribution in [3.8, 4) is 5.75 Å². The number of nitrogens with zero attached hydrogens (tertiary/aromatic N) is 4. The molecule has 0 bridgehead atoms. The fraction of sp³-hybridized carbons (Fsp3) is 0.231. The zero-order valence-electron chi connectivity index (χ0n) is 11.4. The van der Waals surface area contributed by atoms with Crippen LogP contribution < -0.4 is 5.63 Å². The van der Waals surface area contributed by atoms with E-state index in [-0.39, 0.29) is 5.75 Å². The largest absolute Gasteiger partial charge is 0.508 e. The van der Waals surface area contributed by atoms with Gasteiger partial charge in [0.05, 0.1) is 0 Å². The first-order chi connectivity index (χ1) is 10.1. The molecule has 0 fully saturated rings. The quantitative estimate of drug-likeness (QED) is 0.580. The molecular weight excluding hydrogens is 292 g/mol. The van der Waals surface area contributed by atoms with Gasteiger partial charge in [-0.1, -0.05) is 11.8 Å². The third-order valence-corrected chi connectivity index (χ3v) is 4.22. The van der Waals surface area contributed by atoms with Crippen LogP contribution in [-0.2, 0) is 12.8 Å². The molecule has 2 aromatic heterocycles. The summed E-state index contributed by atoms with van der Waals surface area (Å²) >= 11 is 1.42. The van der Waals surface area contributed by atoms with Gasteiger partial charge in [0.25, 0.3) is 0 Å². The molecule has 0 radical (unpaired) electrons. The van der Waals surface area contributed by atoms with Crippen LogP contribution in [0.25, 0.3) is 11.0 Å². The molecule has 21 heavy (non-hydrogen) atoms. The predicted octanol–water partition coefficient (Wildman–Crippen LogP) is 1.62. The molecule has 1 N–H and O–H groups in total. The maximum absolute atomic E-state index is 11.7. The molecule has 0 saturated carbocycles. The molecule has 2 heterocycles. The van der Waals surface area contributed by atoms with Crippen molar-refractivity contribution in [2.75, 3.05) is 0 Å². The van der Waals surface area contributed by atoms with Crippen LogP contribution in [0, 0.1) is 6.92 Å². The number of aromatic nitrogens is 4. The van der Waals surface area contributed by atoms with Crippen LogP contribution in [0.4, 0.5) is 0 Å². The molecule has 0 aliphatic rings. The number of rotatable bonds is 3. The molecule has 8 heteroatoms. The van der Waals surface area contributed by atoms with Crippen LogP contribution in [0.1, 0.15) is 11.1 Å². The molecule has 0 atom stereocenters. The fourth-order valence-electron chi connectivity index (χ4n) is 2.02. The highest BCUT2D eigenvalue weighted by atomic mass is 32.2. The van der Waals surface area contributed by atoms with E-state index in [2.05, 4.69) is 15.5 Å². The standard InChI is InChI=1S/C13H12N4O3S/c1-7-10(18)4-3-9-8(5-11(19)20-12(7)9)6-21-13-14-15-16-17(13)2/h3-5,18H,6H2,1-2H3. The van der Waals surface area contributed by atoms with Gasteiger partial charge in [0.15, 0.2) is 0 Å². The van der Waals surface area contributed by atoms with Crippen LogP contribution in [0.3, 0.4) is 0 Å². The van der Waals surface area contributed by atoms with Gasteiger partial charge in [0, 0.05) is 29.8 Å². The summed E-state index contributed by atoms with van der Waals surface area (Å²) in [6.45, 7) is 1.71. The molecule has 0 aliphatic carbocycles. The van der Waals surface area contributed by atoms with Crippen LogP contribution in [-0.4, -0.2) is 25.3 Å². The average molecular weight is 304 g/mol. The summed E-state index contributed by atoms with van der Waals surface area (Å²) in [5.74, 6) is 0.633. The Balaban J connectivity index is 2.04. The van der Waals surface area contributed by atoms with E-state index in [4.69, 9.17) is 4.42 Å². The molecule has 0 spiro atoms. The van der Waals surface area contributed by atoms with Crippen molar-refractivity contribution in [2.45, 2.75) is 17.8 Å². The van der Waals surface area contributed by atoms with Crippen LogP contribution in [0.15, 0.2) is 32.6 Å². The molecule has 0 unspecified atom stereocenters. The topological polar surface area (TPSA) is 94.0 Å². The van der Waals surface area contributed by atoms with Crippen molar-refractivity contribution in [1.82, 2.24) is 20.2 Å². The Morgan fingerprint density at radius 1 is 1.43 bits per heavy atom. The number of aryl methyl sites for hydroxylation is 2. The number of hydrogen-bond acceptors (Lipinski definition) is 7. The number of hydrogen-bond donors (Lipinski definition) is 1. The summed E-state index contributed by atoms with van der Waals surface area (Å²) < 4.78 is 6.77. The van der Waals surface area contributed by atoms with Gasteiger partial charge in [0.2, 0.25) is 5.16 Å². The zero-order valence-corrected chi connectivity index (χ0v) is 12.2. The van der Waals surface area contributed by atoms with Crippen molar-refractivity contribution in [1.29, 1.82) is 0 Å². The Morgan fingerprint density at radius 3 is 2.95 bits per heavy atom. The van der Waals surface area contributed by atoms with Gasteiger partial charge in [-0.3, -0.25) is 0 Å². The highest BCUT2D eigenvalue weighted by molar-refractivity contribution is 7.98. The SMILES string of the molecule is Cc1c(O)ccc2c(CSc3nnnn3C)cc(=O)oc12. The Hall–Kier alpha value is -2.35.